The summed E-state index contributed by atoms with van der Waals surface area (Å²) in [5.41, 5.74) is 5.04. The highest BCUT2D eigenvalue weighted by Gasteiger charge is 2.23. The van der Waals surface area contributed by atoms with Crippen LogP contribution in [0.4, 0.5) is 14.5 Å². The molecule has 20 heavy (non-hydrogen) atoms. The van der Waals surface area contributed by atoms with E-state index in [1.165, 1.54) is 11.9 Å². The summed E-state index contributed by atoms with van der Waals surface area (Å²) >= 11 is 0. The van der Waals surface area contributed by atoms with Gasteiger partial charge in [-0.2, -0.15) is 0 Å². The fourth-order valence-corrected chi connectivity index (χ4v) is 2.42. The Morgan fingerprint density at radius 1 is 1.40 bits per heavy atom. The van der Waals surface area contributed by atoms with Crippen LogP contribution >= 0.6 is 0 Å². The number of sulfonamides is 1. The van der Waals surface area contributed by atoms with Gasteiger partial charge in [-0.1, -0.05) is 0 Å². The number of halogens is 2. The molecule has 0 unspecified atom stereocenters. The normalized spacial score (nSPS) is 11.4. The minimum absolute atomic E-state index is 0.235. The second-order valence-corrected chi connectivity index (χ2v) is 5.78. The fourth-order valence-electron chi connectivity index (χ4n) is 1.33. The van der Waals surface area contributed by atoms with Gasteiger partial charge in [0.2, 0.25) is 15.9 Å². The minimum atomic E-state index is -4.37. The quantitative estimate of drug-likeness (QED) is 0.765. The molecule has 0 aliphatic heterocycles. The summed E-state index contributed by atoms with van der Waals surface area (Å²) < 4.78 is 52.2. The van der Waals surface area contributed by atoms with Gasteiger partial charge in [0.15, 0.2) is 11.6 Å². The Labute approximate surface area is 115 Å². The van der Waals surface area contributed by atoms with Gasteiger partial charge >= 0.3 is 0 Å². The van der Waals surface area contributed by atoms with Crippen LogP contribution in [0.25, 0.3) is 0 Å². The molecule has 9 heteroatoms. The predicted octanol–water partition coefficient (Wildman–Crippen LogP) is 0.304. The number of amides is 1. The topological polar surface area (TPSA) is 92.5 Å². The number of rotatable bonds is 5. The van der Waals surface area contributed by atoms with Gasteiger partial charge in [0.1, 0.15) is 4.90 Å². The summed E-state index contributed by atoms with van der Waals surface area (Å²) in [6, 6.07) is 1.46. The summed E-state index contributed by atoms with van der Waals surface area (Å²) in [5.74, 6) is -3.41. The van der Waals surface area contributed by atoms with Gasteiger partial charge < -0.3 is 10.6 Å². The van der Waals surface area contributed by atoms with Crippen molar-refractivity contribution in [2.45, 2.75) is 11.8 Å². The predicted molar refractivity (Wildman–Crippen MR) is 69.3 cm³/mol. The molecular formula is C11H15F2N3O3S. The molecule has 0 saturated carbocycles. The molecule has 0 heterocycles. The van der Waals surface area contributed by atoms with Gasteiger partial charge in [0, 0.05) is 19.3 Å². The van der Waals surface area contributed by atoms with Crippen molar-refractivity contribution in [2.75, 3.05) is 25.9 Å². The molecular weight excluding hydrogens is 292 g/mol. The van der Waals surface area contributed by atoms with E-state index in [-0.39, 0.29) is 5.69 Å². The zero-order valence-corrected chi connectivity index (χ0v) is 11.8. The number of anilines is 1. The van der Waals surface area contributed by atoms with E-state index in [0.29, 0.717) is 12.6 Å². The third-order valence-corrected chi connectivity index (χ3v) is 4.02. The number of hydrogen-bond acceptors (Lipinski definition) is 4. The molecule has 112 valence electrons. The van der Waals surface area contributed by atoms with E-state index in [9.17, 15) is 22.0 Å². The lowest BCUT2D eigenvalue weighted by atomic mass is 10.3. The molecule has 0 spiro atoms. The molecule has 0 aliphatic rings. The number of nitrogen functional groups attached to an aromatic ring is 1. The molecule has 3 N–H and O–H groups in total. The number of carbonyl (C=O) groups is 1. The van der Waals surface area contributed by atoms with Crippen LogP contribution in [0.15, 0.2) is 17.0 Å². The van der Waals surface area contributed by atoms with Crippen LogP contribution < -0.4 is 10.5 Å². The van der Waals surface area contributed by atoms with Gasteiger partial charge in [-0.3, -0.25) is 4.79 Å². The zero-order chi connectivity index (χ0) is 15.5. The van der Waals surface area contributed by atoms with E-state index >= 15 is 0 Å². The molecule has 1 aromatic carbocycles. The molecule has 0 saturated heterocycles. The molecule has 1 aromatic rings. The Morgan fingerprint density at radius 3 is 2.55 bits per heavy atom. The molecule has 6 nitrogen and oxygen atoms in total. The van der Waals surface area contributed by atoms with Crippen LogP contribution in [-0.2, 0) is 14.8 Å². The number of carbonyl (C=O) groups excluding carboxylic acids is 1. The molecule has 1 rings (SSSR count). The van der Waals surface area contributed by atoms with E-state index in [4.69, 9.17) is 5.73 Å². The number of nitrogens with two attached hydrogens (primary N) is 1. The first-order chi connectivity index (χ1) is 9.19. The van der Waals surface area contributed by atoms with Crippen molar-refractivity contribution in [3.05, 3.63) is 23.8 Å². The summed E-state index contributed by atoms with van der Waals surface area (Å²) in [6.07, 6.45) is 0. The lowest BCUT2D eigenvalue weighted by molar-refractivity contribution is -0.128. The highest BCUT2D eigenvalue weighted by atomic mass is 32.2. The summed E-state index contributed by atoms with van der Waals surface area (Å²) in [5, 5.41) is 0. The van der Waals surface area contributed by atoms with E-state index < -0.39 is 39.0 Å². The second kappa shape index (κ2) is 6.14. The van der Waals surface area contributed by atoms with Gasteiger partial charge in [-0.15, -0.1) is 0 Å². The smallest absolute Gasteiger partial charge is 0.244 e. The van der Waals surface area contributed by atoms with Crippen molar-refractivity contribution in [3.8, 4) is 0 Å². The van der Waals surface area contributed by atoms with Crippen molar-refractivity contribution in [2.24, 2.45) is 0 Å². The molecule has 0 bridgehead atoms. The molecule has 0 aliphatic carbocycles. The average molecular weight is 307 g/mol. The Kier molecular flexibility index (Phi) is 5.01. The van der Waals surface area contributed by atoms with Crippen LogP contribution in [0, 0.1) is 11.6 Å². The Hall–Kier alpha value is -1.74. The van der Waals surface area contributed by atoms with Gasteiger partial charge in [-0.05, 0) is 19.1 Å². The lowest BCUT2D eigenvalue weighted by Crippen LogP contribution is -2.38. The number of hydrogen-bond donors (Lipinski definition) is 2. The first-order valence-corrected chi connectivity index (χ1v) is 7.15. The second-order valence-electron chi connectivity index (χ2n) is 4.05. The van der Waals surface area contributed by atoms with Gasteiger partial charge in [-0.25, -0.2) is 21.9 Å². The van der Waals surface area contributed by atoms with E-state index in [1.54, 1.807) is 6.92 Å². The fraction of sp³-hybridized carbons (Fsp3) is 0.364. The molecule has 0 atom stereocenters. The third-order valence-electron chi connectivity index (χ3n) is 2.62. The maximum Gasteiger partial charge on any atom is 0.244 e. The first-order valence-electron chi connectivity index (χ1n) is 5.67. The Morgan fingerprint density at radius 2 is 2.00 bits per heavy atom. The van der Waals surface area contributed by atoms with Crippen LogP contribution in [0.5, 0.6) is 0 Å². The van der Waals surface area contributed by atoms with Crippen LogP contribution in [0.1, 0.15) is 6.92 Å². The van der Waals surface area contributed by atoms with E-state index in [1.807, 2.05) is 4.72 Å². The van der Waals surface area contributed by atoms with Gasteiger partial charge in [0.25, 0.3) is 0 Å². The number of likely N-dealkylation sites (N-methyl/N-ethyl adjacent to an activating group) is 1. The number of nitrogens with zero attached hydrogens (tertiary/aromatic N) is 1. The highest BCUT2D eigenvalue weighted by molar-refractivity contribution is 7.89. The zero-order valence-electron chi connectivity index (χ0n) is 11.0. The Balaban J connectivity index is 2.98. The average Bonchev–Trinajstić information content (AvgIpc) is 2.39. The number of nitrogens with one attached hydrogen (secondary N) is 1. The summed E-state index contributed by atoms with van der Waals surface area (Å²) in [7, 11) is -2.88. The number of benzene rings is 1. The molecule has 0 fully saturated rings. The van der Waals surface area contributed by atoms with E-state index in [0.717, 1.165) is 6.07 Å². The van der Waals surface area contributed by atoms with Gasteiger partial charge in [0.05, 0.1) is 6.54 Å². The van der Waals surface area contributed by atoms with Crippen molar-refractivity contribution < 1.29 is 22.0 Å². The van der Waals surface area contributed by atoms with Crippen LogP contribution in [0.3, 0.4) is 0 Å². The SMILES string of the molecule is CCN(C)C(=O)CNS(=O)(=O)c1cc(N)cc(F)c1F. The molecule has 0 aromatic heterocycles. The molecule has 0 radical (unpaired) electrons. The van der Waals surface area contributed by atoms with Crippen LogP contribution in [0.2, 0.25) is 0 Å². The van der Waals surface area contributed by atoms with E-state index in [2.05, 4.69) is 0 Å². The summed E-state index contributed by atoms with van der Waals surface area (Å²) in [6.45, 7) is 1.55. The van der Waals surface area contributed by atoms with Crippen molar-refractivity contribution in [1.82, 2.24) is 9.62 Å². The third kappa shape index (κ3) is 3.64. The largest absolute Gasteiger partial charge is 0.399 e. The maximum atomic E-state index is 13.5. The standard InChI is InChI=1S/C11H15F2N3O3S/c1-3-16(2)10(17)6-15-20(18,19)9-5-7(14)4-8(12)11(9)13/h4-5,15H,3,6,14H2,1-2H3. The lowest BCUT2D eigenvalue weighted by Gasteiger charge is -2.15. The van der Waals surface area contributed by atoms with Crippen molar-refractivity contribution in [3.63, 3.8) is 0 Å². The molecule has 1 amide bonds. The highest BCUT2D eigenvalue weighted by Crippen LogP contribution is 2.20. The monoisotopic (exact) mass is 307 g/mol. The van der Waals surface area contributed by atoms with Crippen molar-refractivity contribution >= 4 is 21.6 Å². The maximum absolute atomic E-state index is 13.5. The Bertz CT molecular complexity index is 620. The summed E-state index contributed by atoms with van der Waals surface area (Å²) in [4.78, 5) is 11.8. The van der Waals surface area contributed by atoms with Crippen LogP contribution in [-0.4, -0.2) is 39.4 Å². The minimum Gasteiger partial charge on any atom is -0.399 e. The van der Waals surface area contributed by atoms with Crippen molar-refractivity contribution in [1.29, 1.82) is 0 Å². The first kappa shape index (κ1) is 16.3.